The van der Waals surface area contributed by atoms with Crippen LogP contribution in [0.1, 0.15) is 22.6 Å². The van der Waals surface area contributed by atoms with Gasteiger partial charge in [-0.3, -0.25) is 24.3 Å². The van der Waals surface area contributed by atoms with Crippen molar-refractivity contribution in [1.82, 2.24) is 24.6 Å². The second-order valence-electron chi connectivity index (χ2n) is 9.11. The van der Waals surface area contributed by atoms with E-state index in [2.05, 4.69) is 15.4 Å². The number of benzene rings is 3. The number of hydrogen-bond acceptors (Lipinski definition) is 7. The van der Waals surface area contributed by atoms with Gasteiger partial charge in [-0.1, -0.05) is 48.5 Å². The van der Waals surface area contributed by atoms with Crippen molar-refractivity contribution in [3.8, 4) is 11.5 Å². The van der Waals surface area contributed by atoms with Gasteiger partial charge in [0.2, 0.25) is 5.91 Å². The average molecular weight is 523 g/mol. The van der Waals surface area contributed by atoms with Crippen molar-refractivity contribution < 1.29 is 14.5 Å². The van der Waals surface area contributed by atoms with E-state index in [1.54, 1.807) is 16.8 Å². The van der Waals surface area contributed by atoms with Gasteiger partial charge in [0.15, 0.2) is 5.65 Å². The summed E-state index contributed by atoms with van der Waals surface area (Å²) in [5, 5.41) is 18.7. The Morgan fingerprint density at radius 2 is 1.74 bits per heavy atom. The van der Waals surface area contributed by atoms with Crippen LogP contribution in [-0.2, 0) is 17.9 Å². The smallest absolute Gasteiger partial charge is 0.269 e. The van der Waals surface area contributed by atoms with Gasteiger partial charge in [-0.05, 0) is 17.7 Å². The predicted molar refractivity (Wildman–Crippen MR) is 142 cm³/mol. The lowest BCUT2D eigenvalue weighted by Crippen LogP contribution is -2.34. The number of carbonyl (C=O) groups excluding carboxylic acids is 1. The van der Waals surface area contributed by atoms with Crippen LogP contribution in [0.25, 0.3) is 11.0 Å². The minimum atomic E-state index is -0.514. The van der Waals surface area contributed by atoms with Crippen molar-refractivity contribution in [2.45, 2.75) is 19.0 Å². The number of rotatable bonds is 7. The number of nitro groups is 1. The SMILES string of the molecule is O=C(NCCn1ncc2c(=O)n(Cc3cccc([N+](=O)[O-])c3)cnc21)C1c2ccccc2Oc2ccccc21. The molecule has 3 heterocycles. The molecule has 0 aliphatic carbocycles. The summed E-state index contributed by atoms with van der Waals surface area (Å²) in [6.07, 6.45) is 2.84. The van der Waals surface area contributed by atoms with Crippen LogP contribution in [0.2, 0.25) is 0 Å². The van der Waals surface area contributed by atoms with E-state index in [9.17, 15) is 19.7 Å². The Labute approximate surface area is 221 Å². The van der Waals surface area contributed by atoms with E-state index < -0.39 is 10.8 Å². The zero-order valence-corrected chi connectivity index (χ0v) is 20.6. The lowest BCUT2D eigenvalue weighted by atomic mass is 9.87. The Morgan fingerprint density at radius 3 is 2.46 bits per heavy atom. The number of nitro benzene ring substituents is 1. The molecule has 39 heavy (non-hydrogen) atoms. The molecular formula is C28H22N6O5. The van der Waals surface area contributed by atoms with Gasteiger partial charge in [0.1, 0.15) is 23.2 Å². The first-order valence-corrected chi connectivity index (χ1v) is 12.3. The summed E-state index contributed by atoms with van der Waals surface area (Å²) in [7, 11) is 0. The molecule has 0 spiro atoms. The summed E-state index contributed by atoms with van der Waals surface area (Å²) in [5.41, 5.74) is 2.24. The first-order chi connectivity index (χ1) is 19.0. The highest BCUT2D eigenvalue weighted by molar-refractivity contribution is 5.89. The molecule has 0 radical (unpaired) electrons. The van der Waals surface area contributed by atoms with E-state index in [0.29, 0.717) is 34.6 Å². The fraction of sp³-hybridized carbons (Fsp3) is 0.143. The zero-order valence-electron chi connectivity index (χ0n) is 20.6. The third-order valence-corrected chi connectivity index (χ3v) is 6.66. The van der Waals surface area contributed by atoms with Gasteiger partial charge < -0.3 is 10.1 Å². The summed E-state index contributed by atoms with van der Waals surface area (Å²) in [6, 6.07) is 21.1. The number of aromatic nitrogens is 4. The fourth-order valence-corrected chi connectivity index (χ4v) is 4.82. The molecular weight excluding hydrogens is 500 g/mol. The van der Waals surface area contributed by atoms with Gasteiger partial charge in [-0.2, -0.15) is 5.10 Å². The highest BCUT2D eigenvalue weighted by atomic mass is 16.6. The number of amides is 1. The molecule has 0 unspecified atom stereocenters. The molecule has 1 aliphatic heterocycles. The number of carbonyl (C=O) groups is 1. The summed E-state index contributed by atoms with van der Waals surface area (Å²) in [6.45, 7) is 0.720. The molecule has 0 fully saturated rings. The molecule has 0 bridgehead atoms. The quantitative estimate of drug-likeness (QED) is 0.255. The van der Waals surface area contributed by atoms with Crippen molar-refractivity contribution in [2.75, 3.05) is 6.54 Å². The molecule has 2 aromatic heterocycles. The molecule has 3 aromatic carbocycles. The molecule has 6 rings (SSSR count). The fourth-order valence-electron chi connectivity index (χ4n) is 4.82. The van der Waals surface area contributed by atoms with Crippen molar-refractivity contribution in [2.24, 2.45) is 0 Å². The average Bonchev–Trinajstić information content (AvgIpc) is 3.37. The summed E-state index contributed by atoms with van der Waals surface area (Å²) >= 11 is 0. The summed E-state index contributed by atoms with van der Waals surface area (Å²) in [4.78, 5) is 41.4. The monoisotopic (exact) mass is 522 g/mol. The van der Waals surface area contributed by atoms with Gasteiger partial charge in [0.25, 0.3) is 11.2 Å². The van der Waals surface area contributed by atoms with E-state index in [1.807, 2.05) is 48.5 Å². The molecule has 11 heteroatoms. The molecule has 194 valence electrons. The Morgan fingerprint density at radius 1 is 1.03 bits per heavy atom. The molecule has 0 atom stereocenters. The number of nitrogens with zero attached hydrogens (tertiary/aromatic N) is 5. The minimum Gasteiger partial charge on any atom is -0.457 e. The molecule has 1 N–H and O–H groups in total. The maximum Gasteiger partial charge on any atom is 0.269 e. The Hall–Kier alpha value is -5.32. The highest BCUT2D eigenvalue weighted by Gasteiger charge is 2.32. The third-order valence-electron chi connectivity index (χ3n) is 6.66. The van der Waals surface area contributed by atoms with E-state index >= 15 is 0 Å². The van der Waals surface area contributed by atoms with E-state index in [4.69, 9.17) is 4.74 Å². The van der Waals surface area contributed by atoms with Gasteiger partial charge in [0, 0.05) is 29.8 Å². The first kappa shape index (κ1) is 24.0. The van der Waals surface area contributed by atoms with Crippen LogP contribution in [0.15, 0.2) is 90.1 Å². The van der Waals surface area contributed by atoms with Crippen LogP contribution in [0.3, 0.4) is 0 Å². The lowest BCUT2D eigenvalue weighted by molar-refractivity contribution is -0.384. The third kappa shape index (κ3) is 4.50. The second-order valence-corrected chi connectivity index (χ2v) is 9.11. The van der Waals surface area contributed by atoms with Crippen molar-refractivity contribution >= 4 is 22.6 Å². The van der Waals surface area contributed by atoms with Gasteiger partial charge in [0.05, 0.1) is 30.1 Å². The molecule has 11 nitrogen and oxygen atoms in total. The maximum atomic E-state index is 13.3. The topological polar surface area (TPSA) is 134 Å². The summed E-state index contributed by atoms with van der Waals surface area (Å²) < 4.78 is 8.93. The number of ether oxygens (including phenoxy) is 1. The standard InChI is InChI=1S/C28H22N6O5/c35-27(25-20-8-1-3-10-23(20)39-24-11-4-2-9-21(24)25)29-12-13-33-26-22(15-31-33)28(36)32(17-30-26)16-18-6-5-7-19(14-18)34(37)38/h1-11,14-15,17,25H,12-13,16H2,(H,29,35). The van der Waals surface area contributed by atoms with Crippen LogP contribution in [0.4, 0.5) is 5.69 Å². The highest BCUT2D eigenvalue weighted by Crippen LogP contribution is 2.43. The van der Waals surface area contributed by atoms with E-state index in [0.717, 1.165) is 11.1 Å². The zero-order chi connectivity index (χ0) is 26.9. The second kappa shape index (κ2) is 9.86. The van der Waals surface area contributed by atoms with Crippen LogP contribution in [-0.4, -0.2) is 36.7 Å². The Kier molecular flexibility index (Phi) is 6.08. The molecule has 1 aliphatic rings. The number of nitrogens with one attached hydrogen (secondary N) is 1. The van der Waals surface area contributed by atoms with Gasteiger partial charge in [-0.25, -0.2) is 9.67 Å². The summed E-state index contributed by atoms with van der Waals surface area (Å²) in [5.74, 6) is 0.626. The number of hydrogen-bond donors (Lipinski definition) is 1. The van der Waals surface area contributed by atoms with Crippen LogP contribution in [0, 0.1) is 10.1 Å². The number of para-hydroxylation sites is 2. The molecule has 1 amide bonds. The normalized spacial score (nSPS) is 12.4. The number of fused-ring (bicyclic) bond motifs is 3. The van der Waals surface area contributed by atoms with E-state index in [-0.39, 0.29) is 30.2 Å². The lowest BCUT2D eigenvalue weighted by Gasteiger charge is -2.27. The first-order valence-electron chi connectivity index (χ1n) is 12.3. The van der Waals surface area contributed by atoms with Crippen LogP contribution >= 0.6 is 0 Å². The van der Waals surface area contributed by atoms with Gasteiger partial charge >= 0.3 is 0 Å². The van der Waals surface area contributed by atoms with Crippen LogP contribution < -0.4 is 15.6 Å². The number of non-ortho nitro benzene ring substituents is 1. The predicted octanol–water partition coefficient (Wildman–Crippen LogP) is 3.60. The van der Waals surface area contributed by atoms with Crippen molar-refractivity contribution in [3.63, 3.8) is 0 Å². The largest absolute Gasteiger partial charge is 0.457 e. The molecule has 0 saturated carbocycles. The maximum absolute atomic E-state index is 13.3. The Balaban J connectivity index is 1.18. The van der Waals surface area contributed by atoms with Crippen molar-refractivity contribution in [3.05, 3.63) is 122 Å². The molecule has 5 aromatic rings. The van der Waals surface area contributed by atoms with Gasteiger partial charge in [-0.15, -0.1) is 0 Å². The van der Waals surface area contributed by atoms with Crippen molar-refractivity contribution in [1.29, 1.82) is 0 Å². The minimum absolute atomic E-state index is 0.0443. The molecule has 0 saturated heterocycles. The van der Waals surface area contributed by atoms with E-state index in [1.165, 1.54) is 29.2 Å². The Bertz CT molecular complexity index is 1750. The van der Waals surface area contributed by atoms with Crippen LogP contribution in [0.5, 0.6) is 11.5 Å².